The molecule has 1 fully saturated rings. The summed E-state index contributed by atoms with van der Waals surface area (Å²) in [5, 5.41) is 0. The molecule has 4 rings (SSSR count). The van der Waals surface area contributed by atoms with E-state index in [1.807, 2.05) is 31.2 Å². The van der Waals surface area contributed by atoms with Gasteiger partial charge >= 0.3 is 0 Å². The predicted molar refractivity (Wildman–Crippen MR) is 117 cm³/mol. The molecule has 3 aliphatic rings. The fourth-order valence-corrected chi connectivity index (χ4v) is 4.85. The van der Waals surface area contributed by atoms with Crippen LogP contribution in [-0.2, 0) is 19.1 Å². The lowest BCUT2D eigenvalue weighted by Gasteiger charge is -2.35. The van der Waals surface area contributed by atoms with E-state index in [0.717, 1.165) is 37.0 Å². The van der Waals surface area contributed by atoms with Crippen molar-refractivity contribution in [2.75, 3.05) is 26.4 Å². The average molecular weight is 426 g/mol. The summed E-state index contributed by atoms with van der Waals surface area (Å²) in [6.07, 6.45) is 5.98. The Morgan fingerprint density at radius 2 is 1.97 bits per heavy atom. The van der Waals surface area contributed by atoms with Gasteiger partial charge in [0.15, 0.2) is 11.5 Å². The van der Waals surface area contributed by atoms with Crippen LogP contribution >= 0.6 is 0 Å². The van der Waals surface area contributed by atoms with E-state index in [1.54, 1.807) is 11.0 Å². The Morgan fingerprint density at radius 1 is 1.19 bits per heavy atom. The quantitative estimate of drug-likeness (QED) is 0.442. The summed E-state index contributed by atoms with van der Waals surface area (Å²) in [6, 6.07) is 7.19. The Hall–Kier alpha value is -2.60. The van der Waals surface area contributed by atoms with Crippen LogP contribution in [0.15, 0.2) is 48.3 Å². The molecule has 1 amide bonds. The van der Waals surface area contributed by atoms with Gasteiger partial charge in [-0.3, -0.25) is 9.59 Å². The van der Waals surface area contributed by atoms with Crippen molar-refractivity contribution in [3.8, 4) is 5.75 Å². The zero-order valence-corrected chi connectivity index (χ0v) is 18.2. The van der Waals surface area contributed by atoms with Crippen molar-refractivity contribution < 1.29 is 23.8 Å². The normalized spacial score (nSPS) is 25.2. The number of hydrogen-bond donors (Lipinski definition) is 0. The maximum Gasteiger partial charge on any atom is 0.290 e. The van der Waals surface area contributed by atoms with Gasteiger partial charge < -0.3 is 19.1 Å². The number of hydrogen-bond acceptors (Lipinski definition) is 5. The largest absolute Gasteiger partial charge is 0.490 e. The predicted octanol–water partition coefficient (Wildman–Crippen LogP) is 3.97. The van der Waals surface area contributed by atoms with Gasteiger partial charge in [-0.1, -0.05) is 31.2 Å². The van der Waals surface area contributed by atoms with Crippen molar-refractivity contribution in [1.29, 1.82) is 0 Å². The molecule has 1 saturated carbocycles. The number of benzene rings is 1. The molecule has 0 bridgehead atoms. The van der Waals surface area contributed by atoms with Gasteiger partial charge in [0.25, 0.3) is 5.91 Å². The molecule has 2 aliphatic heterocycles. The van der Waals surface area contributed by atoms with E-state index in [1.165, 1.54) is 0 Å². The summed E-state index contributed by atoms with van der Waals surface area (Å²) >= 11 is 0. The van der Waals surface area contributed by atoms with E-state index < -0.39 is 6.04 Å². The summed E-state index contributed by atoms with van der Waals surface area (Å²) in [5.41, 5.74) is 1.43. The Labute approximate surface area is 183 Å². The fourth-order valence-electron chi connectivity index (χ4n) is 4.85. The summed E-state index contributed by atoms with van der Waals surface area (Å²) < 4.78 is 17.2. The fraction of sp³-hybridized carbons (Fsp3) is 0.520. The molecule has 0 aromatic heterocycles. The van der Waals surface area contributed by atoms with Gasteiger partial charge in [-0.25, -0.2) is 0 Å². The molecule has 2 heterocycles. The number of nitrogens with zero attached hydrogens (tertiary/aromatic N) is 1. The highest BCUT2D eigenvalue weighted by molar-refractivity contribution is 6.11. The lowest BCUT2D eigenvalue weighted by atomic mass is 9.77. The second-order valence-corrected chi connectivity index (χ2v) is 8.27. The average Bonchev–Trinajstić information content (AvgIpc) is 3.08. The molecule has 6 nitrogen and oxygen atoms in total. The third-order valence-electron chi connectivity index (χ3n) is 6.31. The van der Waals surface area contributed by atoms with Crippen LogP contribution in [0.5, 0.6) is 5.75 Å². The lowest BCUT2D eigenvalue weighted by molar-refractivity contribution is -0.135. The minimum atomic E-state index is -0.423. The van der Waals surface area contributed by atoms with E-state index in [2.05, 4.69) is 6.58 Å². The first-order valence-electron chi connectivity index (χ1n) is 11.3. The Bertz CT molecular complexity index is 859. The van der Waals surface area contributed by atoms with Gasteiger partial charge in [0.05, 0.1) is 17.5 Å². The molecule has 0 saturated heterocycles. The molecule has 6 heteroatoms. The molecule has 0 spiro atoms. The monoisotopic (exact) mass is 425 g/mol. The molecule has 166 valence electrons. The van der Waals surface area contributed by atoms with Gasteiger partial charge in [0, 0.05) is 19.8 Å². The maximum absolute atomic E-state index is 13.5. The minimum absolute atomic E-state index is 0.0867. The first-order chi connectivity index (χ1) is 15.2. The molecule has 0 N–H and O–H groups in total. The number of fused-ring (bicyclic) bond motifs is 1. The molecule has 3 atom stereocenters. The van der Waals surface area contributed by atoms with Crippen LogP contribution < -0.4 is 4.74 Å². The maximum atomic E-state index is 13.5. The summed E-state index contributed by atoms with van der Waals surface area (Å²) in [4.78, 5) is 28.6. The van der Waals surface area contributed by atoms with Crippen LogP contribution in [0, 0.1) is 5.92 Å². The van der Waals surface area contributed by atoms with Crippen LogP contribution in [0.3, 0.4) is 0 Å². The number of rotatable bonds is 9. The zero-order chi connectivity index (χ0) is 21.8. The SMILES string of the molecule is C=CCOc1ccc(C2C3=C(OC4CCCCC4C3=O)C(=O)N2CCCOCC)cc1. The second kappa shape index (κ2) is 9.69. The molecular formula is C25H31NO5. The van der Waals surface area contributed by atoms with E-state index in [4.69, 9.17) is 14.2 Å². The first kappa shape index (κ1) is 21.6. The van der Waals surface area contributed by atoms with Crippen molar-refractivity contribution in [1.82, 2.24) is 4.90 Å². The number of ketones is 1. The molecular weight excluding hydrogens is 394 g/mol. The number of carbonyl (C=O) groups is 2. The molecule has 31 heavy (non-hydrogen) atoms. The van der Waals surface area contributed by atoms with Crippen molar-refractivity contribution in [3.63, 3.8) is 0 Å². The summed E-state index contributed by atoms with van der Waals surface area (Å²) in [6.45, 7) is 7.77. The smallest absolute Gasteiger partial charge is 0.290 e. The van der Waals surface area contributed by atoms with Crippen LogP contribution in [0.25, 0.3) is 0 Å². The highest BCUT2D eigenvalue weighted by atomic mass is 16.5. The van der Waals surface area contributed by atoms with Gasteiger partial charge in [0.1, 0.15) is 18.5 Å². The number of amides is 1. The molecule has 1 aromatic rings. The van der Waals surface area contributed by atoms with E-state index in [-0.39, 0.29) is 29.5 Å². The summed E-state index contributed by atoms with van der Waals surface area (Å²) in [7, 11) is 0. The highest BCUT2D eigenvalue weighted by Crippen LogP contribution is 2.46. The van der Waals surface area contributed by atoms with Gasteiger partial charge in [-0.05, 0) is 50.3 Å². The van der Waals surface area contributed by atoms with Crippen molar-refractivity contribution in [2.45, 2.75) is 51.2 Å². The first-order valence-corrected chi connectivity index (χ1v) is 11.3. The Kier molecular flexibility index (Phi) is 6.76. The van der Waals surface area contributed by atoms with E-state index >= 15 is 0 Å². The summed E-state index contributed by atoms with van der Waals surface area (Å²) in [5.74, 6) is 0.760. The standard InChI is InChI=1S/C25H31NO5/c1-3-15-30-18-12-10-17(11-13-18)22-21-23(27)19-8-5-6-9-20(19)31-24(21)25(28)26(22)14-7-16-29-4-2/h3,10-13,19-20,22H,1,4-9,14-16H2,2H3. The van der Waals surface area contributed by atoms with Crippen LogP contribution in [0.2, 0.25) is 0 Å². The van der Waals surface area contributed by atoms with Crippen LogP contribution in [0.4, 0.5) is 0 Å². The Morgan fingerprint density at radius 3 is 2.71 bits per heavy atom. The zero-order valence-electron chi connectivity index (χ0n) is 18.2. The number of carbonyl (C=O) groups excluding carboxylic acids is 2. The van der Waals surface area contributed by atoms with Crippen molar-refractivity contribution >= 4 is 11.7 Å². The minimum Gasteiger partial charge on any atom is -0.490 e. The van der Waals surface area contributed by atoms with Gasteiger partial charge in [0.2, 0.25) is 0 Å². The van der Waals surface area contributed by atoms with Crippen molar-refractivity contribution in [3.05, 3.63) is 53.8 Å². The third-order valence-corrected chi connectivity index (χ3v) is 6.31. The van der Waals surface area contributed by atoms with E-state index in [9.17, 15) is 9.59 Å². The van der Waals surface area contributed by atoms with Crippen molar-refractivity contribution in [2.24, 2.45) is 5.92 Å². The van der Waals surface area contributed by atoms with Gasteiger partial charge in [-0.15, -0.1) is 0 Å². The second-order valence-electron chi connectivity index (χ2n) is 8.27. The van der Waals surface area contributed by atoms with Crippen LogP contribution in [0.1, 0.15) is 50.6 Å². The number of ether oxygens (including phenoxy) is 3. The topological polar surface area (TPSA) is 65.1 Å². The molecule has 1 aliphatic carbocycles. The highest BCUT2D eigenvalue weighted by Gasteiger charge is 2.51. The van der Waals surface area contributed by atoms with Crippen LogP contribution in [-0.4, -0.2) is 49.1 Å². The Balaban J connectivity index is 1.65. The molecule has 0 radical (unpaired) electrons. The number of Topliss-reactive ketones (excluding diaryl/α,β-unsaturated/α-hetero) is 1. The van der Waals surface area contributed by atoms with E-state index in [0.29, 0.717) is 38.4 Å². The molecule has 3 unspecified atom stereocenters. The third kappa shape index (κ3) is 4.26. The lowest BCUT2D eigenvalue weighted by Crippen LogP contribution is -2.39. The van der Waals surface area contributed by atoms with Gasteiger partial charge in [-0.2, -0.15) is 0 Å². The molecule has 1 aromatic carbocycles.